The summed E-state index contributed by atoms with van der Waals surface area (Å²) in [7, 11) is 1.38. The minimum absolute atomic E-state index is 0.345. The van der Waals surface area contributed by atoms with Crippen molar-refractivity contribution in [2.45, 2.75) is 32.9 Å². The number of esters is 2. The van der Waals surface area contributed by atoms with E-state index < -0.39 is 6.04 Å². The van der Waals surface area contributed by atoms with Crippen molar-refractivity contribution < 1.29 is 19.1 Å². The molecule has 0 N–H and O–H groups in total. The standard InChI is InChI=1S/C21H22ClNO4S/c1-13(2)10-18(24)27-19-11-14-12-23(9-8-17(14)28-19)20(21(25)26-3)15-6-4-5-7-16(15)22/h4-7,10-11,20H,8-9,12H2,1-3H3. The number of hydrogen-bond acceptors (Lipinski definition) is 6. The first kappa shape index (κ1) is 20.6. The van der Waals surface area contributed by atoms with Gasteiger partial charge < -0.3 is 9.47 Å². The number of hydrogen-bond donors (Lipinski definition) is 0. The zero-order valence-corrected chi connectivity index (χ0v) is 17.6. The number of rotatable bonds is 5. The number of nitrogens with zero attached hydrogens (tertiary/aromatic N) is 1. The molecule has 1 aromatic carbocycles. The Bertz CT molecular complexity index is 917. The Morgan fingerprint density at radius 1 is 1.29 bits per heavy atom. The smallest absolute Gasteiger partial charge is 0.336 e. The number of carbonyl (C=O) groups excluding carboxylic acids is 2. The van der Waals surface area contributed by atoms with Crippen molar-refractivity contribution in [1.29, 1.82) is 0 Å². The van der Waals surface area contributed by atoms with Gasteiger partial charge in [-0.1, -0.05) is 35.4 Å². The van der Waals surface area contributed by atoms with Crippen molar-refractivity contribution in [3.05, 3.63) is 63.0 Å². The predicted molar refractivity (Wildman–Crippen MR) is 110 cm³/mol. The van der Waals surface area contributed by atoms with Crippen LogP contribution >= 0.6 is 22.9 Å². The fourth-order valence-corrected chi connectivity index (χ4v) is 4.50. The first-order valence-corrected chi connectivity index (χ1v) is 10.1. The van der Waals surface area contributed by atoms with Crippen molar-refractivity contribution in [2.75, 3.05) is 13.7 Å². The third kappa shape index (κ3) is 4.63. The van der Waals surface area contributed by atoms with Gasteiger partial charge in [-0.2, -0.15) is 0 Å². The second-order valence-corrected chi connectivity index (χ2v) is 8.33. The summed E-state index contributed by atoms with van der Waals surface area (Å²) in [5, 5.41) is 1.10. The highest BCUT2D eigenvalue weighted by Gasteiger charge is 2.33. The van der Waals surface area contributed by atoms with Crippen molar-refractivity contribution in [3.8, 4) is 5.06 Å². The van der Waals surface area contributed by atoms with E-state index in [1.54, 1.807) is 6.07 Å². The van der Waals surface area contributed by atoms with Gasteiger partial charge in [0.2, 0.25) is 0 Å². The quantitative estimate of drug-likeness (QED) is 0.525. The van der Waals surface area contributed by atoms with Crippen molar-refractivity contribution in [3.63, 3.8) is 0 Å². The largest absolute Gasteiger partial charge is 0.468 e. The summed E-state index contributed by atoms with van der Waals surface area (Å²) in [6.45, 7) is 4.93. The number of carbonyl (C=O) groups is 2. The third-order valence-corrected chi connectivity index (χ3v) is 5.93. The highest BCUT2D eigenvalue weighted by molar-refractivity contribution is 7.14. The van der Waals surface area contributed by atoms with Crippen LogP contribution in [0.2, 0.25) is 5.02 Å². The van der Waals surface area contributed by atoms with E-state index in [2.05, 4.69) is 0 Å². The molecular weight excluding hydrogens is 398 g/mol. The van der Waals surface area contributed by atoms with Gasteiger partial charge in [-0.3, -0.25) is 4.90 Å². The van der Waals surface area contributed by atoms with Crippen LogP contribution < -0.4 is 4.74 Å². The normalized spacial score (nSPS) is 14.7. The molecule has 28 heavy (non-hydrogen) atoms. The number of halogens is 1. The van der Waals surface area contributed by atoms with Crippen molar-refractivity contribution in [2.24, 2.45) is 0 Å². The molecule has 7 heteroatoms. The Morgan fingerprint density at radius 3 is 2.71 bits per heavy atom. The van der Waals surface area contributed by atoms with E-state index in [-0.39, 0.29) is 11.9 Å². The van der Waals surface area contributed by atoms with Crippen LogP contribution in [-0.4, -0.2) is 30.5 Å². The molecule has 0 aliphatic carbocycles. The summed E-state index contributed by atoms with van der Waals surface area (Å²) >= 11 is 7.82. The summed E-state index contributed by atoms with van der Waals surface area (Å²) in [4.78, 5) is 27.6. The summed E-state index contributed by atoms with van der Waals surface area (Å²) in [6.07, 6.45) is 2.23. The average Bonchev–Trinajstić information content (AvgIpc) is 3.03. The maximum Gasteiger partial charge on any atom is 0.336 e. The Balaban J connectivity index is 1.83. The van der Waals surface area contributed by atoms with E-state index in [1.807, 2.05) is 43.0 Å². The fraction of sp³-hybridized carbons (Fsp3) is 0.333. The summed E-state index contributed by atoms with van der Waals surface area (Å²) in [5.41, 5.74) is 2.67. The molecule has 2 aromatic rings. The van der Waals surface area contributed by atoms with Gasteiger partial charge in [0.25, 0.3) is 0 Å². The SMILES string of the molecule is COC(=O)C(c1ccccc1Cl)N1CCc2sc(OC(=O)C=C(C)C)cc2C1. The molecule has 0 saturated heterocycles. The van der Waals surface area contributed by atoms with Crippen LogP contribution in [0.3, 0.4) is 0 Å². The van der Waals surface area contributed by atoms with Gasteiger partial charge >= 0.3 is 11.9 Å². The van der Waals surface area contributed by atoms with E-state index in [0.29, 0.717) is 23.2 Å². The maximum atomic E-state index is 12.5. The third-order valence-electron chi connectivity index (χ3n) is 4.47. The van der Waals surface area contributed by atoms with Crippen LogP contribution in [0.25, 0.3) is 0 Å². The van der Waals surface area contributed by atoms with Crippen molar-refractivity contribution in [1.82, 2.24) is 4.90 Å². The van der Waals surface area contributed by atoms with Gasteiger partial charge in [0.05, 0.1) is 7.11 Å². The zero-order chi connectivity index (χ0) is 20.3. The minimum Gasteiger partial charge on any atom is -0.468 e. The van der Waals surface area contributed by atoms with Gasteiger partial charge in [0.1, 0.15) is 6.04 Å². The van der Waals surface area contributed by atoms with E-state index in [0.717, 1.165) is 23.1 Å². The zero-order valence-electron chi connectivity index (χ0n) is 16.0. The molecule has 1 atom stereocenters. The average molecular weight is 420 g/mol. The molecule has 1 aliphatic heterocycles. The van der Waals surface area contributed by atoms with Crippen LogP contribution in [0.5, 0.6) is 5.06 Å². The van der Waals surface area contributed by atoms with Gasteiger partial charge in [0.15, 0.2) is 5.06 Å². The minimum atomic E-state index is -0.580. The van der Waals surface area contributed by atoms with Crippen molar-refractivity contribution >= 4 is 34.9 Å². The lowest BCUT2D eigenvalue weighted by molar-refractivity contribution is -0.147. The number of allylic oxidation sites excluding steroid dienone is 1. The Hall–Kier alpha value is -2.15. The molecule has 0 spiro atoms. The molecule has 148 valence electrons. The number of fused-ring (bicyclic) bond motifs is 1. The lowest BCUT2D eigenvalue weighted by atomic mass is 10.0. The van der Waals surface area contributed by atoms with E-state index in [1.165, 1.54) is 29.4 Å². The van der Waals surface area contributed by atoms with Gasteiger partial charge in [0, 0.05) is 29.1 Å². The lowest BCUT2D eigenvalue weighted by Gasteiger charge is -2.33. The van der Waals surface area contributed by atoms with E-state index in [4.69, 9.17) is 21.1 Å². The molecule has 1 unspecified atom stereocenters. The Morgan fingerprint density at radius 2 is 2.04 bits per heavy atom. The van der Waals surface area contributed by atoms with Gasteiger partial charge in [-0.05, 0) is 43.5 Å². The predicted octanol–water partition coefficient (Wildman–Crippen LogP) is 4.55. The number of ether oxygens (including phenoxy) is 2. The lowest BCUT2D eigenvalue weighted by Crippen LogP contribution is -2.38. The topological polar surface area (TPSA) is 55.8 Å². The summed E-state index contributed by atoms with van der Waals surface area (Å²) < 4.78 is 10.5. The van der Waals surface area contributed by atoms with Gasteiger partial charge in [-0.15, -0.1) is 11.3 Å². The second kappa shape index (κ2) is 8.90. The molecular formula is C21H22ClNO4S. The molecule has 0 fully saturated rings. The molecule has 0 bridgehead atoms. The number of methoxy groups -OCH3 is 1. The number of thiophene rings is 1. The molecule has 0 radical (unpaired) electrons. The first-order chi connectivity index (χ1) is 13.4. The Labute approximate surface area is 173 Å². The first-order valence-electron chi connectivity index (χ1n) is 8.93. The summed E-state index contributed by atoms with van der Waals surface area (Å²) in [5.74, 6) is -0.721. The van der Waals surface area contributed by atoms with Crippen LogP contribution in [0, 0.1) is 0 Å². The molecule has 0 amide bonds. The van der Waals surface area contributed by atoms with E-state index >= 15 is 0 Å². The molecule has 1 aliphatic rings. The monoisotopic (exact) mass is 419 g/mol. The molecule has 1 aromatic heterocycles. The van der Waals surface area contributed by atoms with Gasteiger partial charge in [-0.25, -0.2) is 9.59 Å². The molecule has 3 rings (SSSR count). The molecule has 5 nitrogen and oxygen atoms in total. The second-order valence-electron chi connectivity index (χ2n) is 6.82. The van der Waals surface area contributed by atoms with E-state index in [9.17, 15) is 9.59 Å². The highest BCUT2D eigenvalue weighted by Crippen LogP contribution is 2.37. The molecule has 2 heterocycles. The highest BCUT2D eigenvalue weighted by atomic mass is 35.5. The van der Waals surface area contributed by atoms with Crippen LogP contribution in [0.4, 0.5) is 0 Å². The van der Waals surface area contributed by atoms with Crippen LogP contribution in [-0.2, 0) is 27.3 Å². The number of benzene rings is 1. The Kier molecular flexibility index (Phi) is 6.54. The summed E-state index contributed by atoms with van der Waals surface area (Å²) in [6, 6.07) is 8.61. The van der Waals surface area contributed by atoms with Crippen LogP contribution in [0.15, 0.2) is 42.0 Å². The van der Waals surface area contributed by atoms with Crippen LogP contribution in [0.1, 0.15) is 35.9 Å². The molecule has 0 saturated carbocycles. The fourth-order valence-electron chi connectivity index (χ4n) is 3.24. The maximum absolute atomic E-state index is 12.5.